The van der Waals surface area contributed by atoms with Crippen LogP contribution in [-0.4, -0.2) is 15.5 Å². The maximum atomic E-state index is 14.0. The maximum absolute atomic E-state index is 14.0. The van der Waals surface area contributed by atoms with Gasteiger partial charge < -0.3 is 4.74 Å². The average Bonchev–Trinajstić information content (AvgIpc) is 2.49. The van der Waals surface area contributed by atoms with E-state index in [0.29, 0.717) is 11.3 Å². The number of benzene rings is 2. The average molecular weight is 292 g/mol. The molecule has 0 spiro atoms. The maximum Gasteiger partial charge on any atom is 0.233 e. The van der Waals surface area contributed by atoms with E-state index in [2.05, 4.69) is 0 Å². The third-order valence-electron chi connectivity index (χ3n) is 2.71. The first kappa shape index (κ1) is 14.3. The normalized spacial score (nSPS) is 12.2. The van der Waals surface area contributed by atoms with E-state index in [4.69, 9.17) is 4.74 Å². The zero-order chi connectivity index (χ0) is 14.6. The van der Waals surface area contributed by atoms with Crippen LogP contribution in [0.25, 0.3) is 6.08 Å². The van der Waals surface area contributed by atoms with Crippen LogP contribution in [0.15, 0.2) is 64.7 Å². The van der Waals surface area contributed by atoms with Crippen molar-refractivity contribution in [3.8, 4) is 5.75 Å². The lowest BCUT2D eigenvalue weighted by Gasteiger charge is -2.02. The Balaban J connectivity index is 2.34. The smallest absolute Gasteiger partial charge is 0.233 e. The molecule has 0 radical (unpaired) electrons. The van der Waals surface area contributed by atoms with E-state index in [-0.39, 0.29) is 4.90 Å². The SMILES string of the molecule is COc1ccc(/C=C(/F)S(=O)(=O)c2ccccc2)cc1. The summed E-state index contributed by atoms with van der Waals surface area (Å²) in [6.07, 6.45) is 0.988. The fraction of sp³-hybridized carbons (Fsp3) is 0.0667. The third-order valence-corrected chi connectivity index (χ3v) is 4.23. The molecule has 0 aliphatic heterocycles. The van der Waals surface area contributed by atoms with Crippen molar-refractivity contribution in [3.05, 3.63) is 65.3 Å². The summed E-state index contributed by atoms with van der Waals surface area (Å²) in [7, 11) is -2.57. The monoisotopic (exact) mass is 292 g/mol. The van der Waals surface area contributed by atoms with E-state index in [1.165, 1.54) is 19.2 Å². The Morgan fingerprint density at radius 3 is 2.20 bits per heavy atom. The lowest BCUT2D eigenvalue weighted by molar-refractivity contribution is 0.415. The molecule has 2 aromatic carbocycles. The Hall–Kier alpha value is -2.14. The van der Waals surface area contributed by atoms with E-state index in [0.717, 1.165) is 6.08 Å². The van der Waals surface area contributed by atoms with Gasteiger partial charge in [0, 0.05) is 0 Å². The van der Waals surface area contributed by atoms with Crippen molar-refractivity contribution in [3.63, 3.8) is 0 Å². The molecule has 0 saturated heterocycles. The molecule has 0 amide bonds. The van der Waals surface area contributed by atoms with E-state index >= 15 is 0 Å². The van der Waals surface area contributed by atoms with Crippen molar-refractivity contribution in [2.75, 3.05) is 7.11 Å². The summed E-state index contributed by atoms with van der Waals surface area (Å²) in [4.78, 5) is -0.0674. The van der Waals surface area contributed by atoms with Crippen molar-refractivity contribution >= 4 is 15.9 Å². The minimum absolute atomic E-state index is 0.0674. The summed E-state index contributed by atoms with van der Waals surface area (Å²) in [5.74, 6) is 0.619. The van der Waals surface area contributed by atoms with Gasteiger partial charge in [-0.2, -0.15) is 4.39 Å². The first-order valence-corrected chi connectivity index (χ1v) is 7.34. The molecule has 20 heavy (non-hydrogen) atoms. The van der Waals surface area contributed by atoms with Gasteiger partial charge >= 0.3 is 0 Å². The van der Waals surface area contributed by atoms with E-state index in [1.807, 2.05) is 0 Å². The minimum Gasteiger partial charge on any atom is -0.497 e. The quantitative estimate of drug-likeness (QED) is 0.867. The van der Waals surface area contributed by atoms with Gasteiger partial charge in [0.1, 0.15) is 5.75 Å². The highest BCUT2D eigenvalue weighted by atomic mass is 32.2. The Bertz CT molecular complexity index is 705. The van der Waals surface area contributed by atoms with Gasteiger partial charge in [-0.1, -0.05) is 30.3 Å². The van der Waals surface area contributed by atoms with Gasteiger partial charge in [0.25, 0.3) is 0 Å². The largest absolute Gasteiger partial charge is 0.497 e. The molecule has 0 bridgehead atoms. The summed E-state index contributed by atoms with van der Waals surface area (Å²) in [6, 6.07) is 13.9. The number of sulfone groups is 1. The van der Waals surface area contributed by atoms with Crippen molar-refractivity contribution in [1.29, 1.82) is 0 Å². The number of rotatable bonds is 4. The van der Waals surface area contributed by atoms with E-state index < -0.39 is 15.0 Å². The van der Waals surface area contributed by atoms with Crippen molar-refractivity contribution in [2.24, 2.45) is 0 Å². The second kappa shape index (κ2) is 5.88. The highest BCUT2D eigenvalue weighted by molar-refractivity contribution is 7.95. The molecule has 0 aromatic heterocycles. The lowest BCUT2D eigenvalue weighted by Crippen LogP contribution is -2.00. The molecule has 104 valence electrons. The predicted octanol–water partition coefficient (Wildman–Crippen LogP) is 3.44. The van der Waals surface area contributed by atoms with Gasteiger partial charge in [-0.25, -0.2) is 8.42 Å². The summed E-state index contributed by atoms with van der Waals surface area (Å²) in [5.41, 5.74) is 0.447. The second-order valence-electron chi connectivity index (χ2n) is 4.04. The summed E-state index contributed by atoms with van der Waals surface area (Å²) in [5, 5.41) is -1.19. The Kier molecular flexibility index (Phi) is 4.20. The van der Waals surface area contributed by atoms with Gasteiger partial charge in [-0.3, -0.25) is 0 Å². The zero-order valence-electron chi connectivity index (χ0n) is 10.8. The highest BCUT2D eigenvalue weighted by Gasteiger charge is 2.20. The molecular weight excluding hydrogens is 279 g/mol. The van der Waals surface area contributed by atoms with Gasteiger partial charge in [0.15, 0.2) is 0 Å². The molecule has 0 aliphatic rings. The van der Waals surface area contributed by atoms with Crippen LogP contribution in [0.3, 0.4) is 0 Å². The van der Waals surface area contributed by atoms with Gasteiger partial charge in [0.2, 0.25) is 15.0 Å². The molecule has 2 aromatic rings. The van der Waals surface area contributed by atoms with Crippen LogP contribution < -0.4 is 4.74 Å². The molecule has 0 fully saturated rings. The van der Waals surface area contributed by atoms with Crippen LogP contribution >= 0.6 is 0 Å². The summed E-state index contributed by atoms with van der Waals surface area (Å²) >= 11 is 0. The lowest BCUT2D eigenvalue weighted by atomic mass is 10.2. The van der Waals surface area contributed by atoms with Gasteiger partial charge in [-0.05, 0) is 35.9 Å². The Labute approximate surface area is 117 Å². The van der Waals surface area contributed by atoms with Crippen molar-refractivity contribution in [1.82, 2.24) is 0 Å². The van der Waals surface area contributed by atoms with Crippen LogP contribution in [0.1, 0.15) is 5.56 Å². The molecule has 0 unspecified atom stereocenters. The topological polar surface area (TPSA) is 43.4 Å². The zero-order valence-corrected chi connectivity index (χ0v) is 11.6. The number of halogens is 1. The molecule has 0 saturated carbocycles. The molecule has 2 rings (SSSR count). The molecule has 3 nitrogen and oxygen atoms in total. The van der Waals surface area contributed by atoms with Crippen molar-refractivity contribution < 1.29 is 17.5 Å². The number of hydrogen-bond donors (Lipinski definition) is 0. The number of ether oxygens (including phenoxy) is 1. The van der Waals surface area contributed by atoms with Crippen LogP contribution in [0.4, 0.5) is 4.39 Å². The van der Waals surface area contributed by atoms with Crippen LogP contribution in [0, 0.1) is 0 Å². The fourth-order valence-electron chi connectivity index (χ4n) is 1.62. The number of hydrogen-bond acceptors (Lipinski definition) is 3. The third kappa shape index (κ3) is 3.05. The fourth-order valence-corrected chi connectivity index (χ4v) is 2.65. The van der Waals surface area contributed by atoms with Crippen LogP contribution in [0.2, 0.25) is 0 Å². The van der Waals surface area contributed by atoms with Crippen LogP contribution in [0.5, 0.6) is 5.75 Å². The van der Waals surface area contributed by atoms with E-state index in [1.54, 1.807) is 42.5 Å². The summed E-state index contributed by atoms with van der Waals surface area (Å²) < 4.78 is 42.9. The molecule has 0 heterocycles. The Morgan fingerprint density at radius 1 is 1.05 bits per heavy atom. The molecule has 0 aliphatic carbocycles. The predicted molar refractivity (Wildman–Crippen MR) is 75.7 cm³/mol. The Morgan fingerprint density at radius 2 is 1.65 bits per heavy atom. The van der Waals surface area contributed by atoms with Gasteiger partial charge in [-0.15, -0.1) is 0 Å². The minimum atomic E-state index is -4.09. The van der Waals surface area contributed by atoms with Gasteiger partial charge in [0.05, 0.1) is 12.0 Å². The molecule has 5 heteroatoms. The highest BCUT2D eigenvalue weighted by Crippen LogP contribution is 2.23. The second-order valence-corrected chi connectivity index (χ2v) is 5.91. The standard InChI is InChI=1S/C15H13FO3S/c1-19-13-9-7-12(8-10-13)11-15(16)20(17,18)14-5-3-2-4-6-14/h2-11H,1H3/b15-11-. The van der Waals surface area contributed by atoms with Crippen LogP contribution in [-0.2, 0) is 9.84 Å². The first-order valence-electron chi connectivity index (χ1n) is 5.85. The number of methoxy groups -OCH3 is 1. The summed E-state index contributed by atoms with van der Waals surface area (Å²) in [6.45, 7) is 0. The first-order chi connectivity index (χ1) is 9.54. The molecule has 0 N–H and O–H groups in total. The van der Waals surface area contributed by atoms with E-state index in [9.17, 15) is 12.8 Å². The molecule has 0 atom stereocenters. The van der Waals surface area contributed by atoms with Crippen molar-refractivity contribution in [2.45, 2.75) is 4.90 Å². The molecular formula is C15H13FO3S.